The summed E-state index contributed by atoms with van der Waals surface area (Å²) < 4.78 is 5.09. The number of Topliss-reactive ketones (excluding diaryl/α,β-unsaturated/α-hetero) is 1. The molecular formula is C15H18N2O5. The Morgan fingerprint density at radius 3 is 2.73 bits per heavy atom. The minimum Gasteiger partial charge on any atom is -0.465 e. The Kier molecular flexibility index (Phi) is 5.35. The monoisotopic (exact) mass is 306 g/mol. The molecule has 0 saturated carbocycles. The van der Waals surface area contributed by atoms with Crippen LogP contribution in [0.5, 0.6) is 0 Å². The van der Waals surface area contributed by atoms with E-state index in [0.29, 0.717) is 6.42 Å². The summed E-state index contributed by atoms with van der Waals surface area (Å²) in [5, 5.41) is 11.6. The first-order chi connectivity index (χ1) is 10.5. The van der Waals surface area contributed by atoms with E-state index in [-0.39, 0.29) is 31.9 Å². The molecule has 0 spiro atoms. The molecule has 22 heavy (non-hydrogen) atoms. The summed E-state index contributed by atoms with van der Waals surface area (Å²) in [6.07, 6.45) is -1.13. The summed E-state index contributed by atoms with van der Waals surface area (Å²) in [5.74, 6) is -0.149. The van der Waals surface area contributed by atoms with Crippen molar-refractivity contribution in [2.45, 2.75) is 25.5 Å². The Labute approximate surface area is 127 Å². The first-order valence-electron chi connectivity index (χ1n) is 7.01. The molecule has 7 heteroatoms. The van der Waals surface area contributed by atoms with Crippen LogP contribution in [0.3, 0.4) is 0 Å². The molecule has 1 saturated heterocycles. The molecule has 1 atom stereocenters. The van der Waals surface area contributed by atoms with Crippen LogP contribution in [0.15, 0.2) is 30.3 Å². The second-order valence-corrected chi connectivity index (χ2v) is 5.14. The minimum absolute atomic E-state index is 0.0848. The normalized spacial score (nSPS) is 18.5. The van der Waals surface area contributed by atoms with E-state index in [1.165, 1.54) is 0 Å². The van der Waals surface area contributed by atoms with E-state index in [9.17, 15) is 14.4 Å². The maximum atomic E-state index is 11.8. The van der Waals surface area contributed by atoms with Crippen molar-refractivity contribution in [1.29, 1.82) is 0 Å². The lowest BCUT2D eigenvalue weighted by Crippen LogP contribution is -2.44. The molecule has 0 unspecified atom stereocenters. The van der Waals surface area contributed by atoms with Crippen LogP contribution in [0.25, 0.3) is 0 Å². The molecule has 1 aromatic rings. The number of likely N-dealkylation sites (tertiary alicyclic amines) is 1. The SMILES string of the molecule is O=C1CC[C@H](NC(=O)OCc2ccccc2)CN(C(=O)O)C1. The Balaban J connectivity index is 1.84. The van der Waals surface area contributed by atoms with E-state index >= 15 is 0 Å². The van der Waals surface area contributed by atoms with Crippen molar-refractivity contribution >= 4 is 18.0 Å². The van der Waals surface area contributed by atoms with Gasteiger partial charge < -0.3 is 15.2 Å². The maximum Gasteiger partial charge on any atom is 0.407 e. The lowest BCUT2D eigenvalue weighted by Gasteiger charge is -2.21. The molecule has 0 bridgehead atoms. The van der Waals surface area contributed by atoms with Gasteiger partial charge in [0.2, 0.25) is 0 Å². The zero-order valence-corrected chi connectivity index (χ0v) is 12.0. The van der Waals surface area contributed by atoms with Crippen molar-refractivity contribution < 1.29 is 24.2 Å². The van der Waals surface area contributed by atoms with Gasteiger partial charge in [0.25, 0.3) is 0 Å². The first kappa shape index (κ1) is 15.8. The van der Waals surface area contributed by atoms with E-state index in [0.717, 1.165) is 10.5 Å². The van der Waals surface area contributed by atoms with Gasteiger partial charge in [0.05, 0.1) is 12.6 Å². The third-order valence-corrected chi connectivity index (χ3v) is 3.38. The van der Waals surface area contributed by atoms with Crippen LogP contribution in [0.4, 0.5) is 9.59 Å². The zero-order valence-electron chi connectivity index (χ0n) is 12.0. The smallest absolute Gasteiger partial charge is 0.407 e. The Morgan fingerprint density at radius 1 is 1.32 bits per heavy atom. The lowest BCUT2D eigenvalue weighted by atomic mass is 10.1. The van der Waals surface area contributed by atoms with E-state index in [4.69, 9.17) is 9.84 Å². The summed E-state index contributed by atoms with van der Waals surface area (Å²) >= 11 is 0. The van der Waals surface area contributed by atoms with Gasteiger partial charge in [-0.25, -0.2) is 9.59 Å². The number of alkyl carbamates (subject to hydrolysis) is 1. The molecule has 1 heterocycles. The number of hydrogen-bond donors (Lipinski definition) is 2. The molecule has 0 radical (unpaired) electrons. The standard InChI is InChI=1S/C15H18N2O5/c18-13-7-6-12(8-17(9-13)15(20)21)16-14(19)22-10-11-4-2-1-3-5-11/h1-5,12H,6-10H2,(H,16,19)(H,20,21)/t12-/m0/s1. The first-order valence-corrected chi connectivity index (χ1v) is 7.01. The van der Waals surface area contributed by atoms with Gasteiger partial charge in [0.1, 0.15) is 6.61 Å². The average molecular weight is 306 g/mol. The van der Waals surface area contributed by atoms with Crippen molar-refractivity contribution in [3.05, 3.63) is 35.9 Å². The van der Waals surface area contributed by atoms with Gasteiger partial charge in [-0.15, -0.1) is 0 Å². The van der Waals surface area contributed by atoms with Crippen molar-refractivity contribution in [2.24, 2.45) is 0 Å². The summed E-state index contributed by atoms with van der Waals surface area (Å²) in [7, 11) is 0. The summed E-state index contributed by atoms with van der Waals surface area (Å²) in [4.78, 5) is 35.3. The lowest BCUT2D eigenvalue weighted by molar-refractivity contribution is -0.119. The molecular weight excluding hydrogens is 288 g/mol. The third-order valence-electron chi connectivity index (χ3n) is 3.38. The Morgan fingerprint density at radius 2 is 2.05 bits per heavy atom. The number of rotatable bonds is 3. The largest absolute Gasteiger partial charge is 0.465 e. The molecule has 118 valence electrons. The molecule has 1 aromatic carbocycles. The van der Waals surface area contributed by atoms with Crippen LogP contribution >= 0.6 is 0 Å². The predicted molar refractivity (Wildman–Crippen MR) is 77.4 cm³/mol. The van der Waals surface area contributed by atoms with Gasteiger partial charge in [-0.05, 0) is 12.0 Å². The molecule has 0 aliphatic carbocycles. The number of amides is 2. The third kappa shape index (κ3) is 4.76. The number of hydrogen-bond acceptors (Lipinski definition) is 4. The fraction of sp³-hybridized carbons (Fsp3) is 0.400. The fourth-order valence-electron chi connectivity index (χ4n) is 2.24. The number of ether oxygens (including phenoxy) is 1. The minimum atomic E-state index is -1.17. The zero-order chi connectivity index (χ0) is 15.9. The number of ketones is 1. The summed E-state index contributed by atoms with van der Waals surface area (Å²) in [5.41, 5.74) is 0.862. The second-order valence-electron chi connectivity index (χ2n) is 5.14. The predicted octanol–water partition coefficient (Wildman–Crippen LogP) is 1.62. The number of benzene rings is 1. The molecule has 2 amide bonds. The maximum absolute atomic E-state index is 11.8. The number of carbonyl (C=O) groups excluding carboxylic acids is 2. The number of carbonyl (C=O) groups is 3. The van der Waals surface area contributed by atoms with E-state index < -0.39 is 18.2 Å². The van der Waals surface area contributed by atoms with Crippen molar-refractivity contribution in [1.82, 2.24) is 10.2 Å². The molecule has 2 rings (SSSR count). The molecule has 1 aliphatic rings. The Hall–Kier alpha value is -2.57. The number of nitrogens with zero attached hydrogens (tertiary/aromatic N) is 1. The average Bonchev–Trinajstić information content (AvgIpc) is 2.68. The molecule has 1 aliphatic heterocycles. The highest BCUT2D eigenvalue weighted by Gasteiger charge is 2.26. The highest BCUT2D eigenvalue weighted by Crippen LogP contribution is 2.09. The quantitative estimate of drug-likeness (QED) is 0.884. The Bertz CT molecular complexity index is 546. The summed E-state index contributed by atoms with van der Waals surface area (Å²) in [6.45, 7) is 0.0923. The van der Waals surface area contributed by atoms with Crippen LogP contribution in [-0.4, -0.2) is 47.1 Å². The van der Waals surface area contributed by atoms with Gasteiger partial charge in [-0.3, -0.25) is 9.69 Å². The molecule has 1 fully saturated rings. The number of carboxylic acid groups (broad SMARTS) is 1. The molecule has 7 nitrogen and oxygen atoms in total. The highest BCUT2D eigenvalue weighted by atomic mass is 16.5. The fourth-order valence-corrected chi connectivity index (χ4v) is 2.24. The van der Waals surface area contributed by atoms with Gasteiger partial charge in [-0.1, -0.05) is 30.3 Å². The van der Waals surface area contributed by atoms with Gasteiger partial charge in [0, 0.05) is 13.0 Å². The van der Waals surface area contributed by atoms with E-state index in [1.807, 2.05) is 30.3 Å². The van der Waals surface area contributed by atoms with Crippen LogP contribution < -0.4 is 5.32 Å². The number of nitrogens with one attached hydrogen (secondary N) is 1. The topological polar surface area (TPSA) is 95.9 Å². The van der Waals surface area contributed by atoms with Crippen molar-refractivity contribution in [2.75, 3.05) is 13.1 Å². The van der Waals surface area contributed by atoms with E-state index in [2.05, 4.69) is 5.32 Å². The van der Waals surface area contributed by atoms with Gasteiger partial charge >= 0.3 is 12.2 Å². The van der Waals surface area contributed by atoms with Crippen LogP contribution in [-0.2, 0) is 16.1 Å². The van der Waals surface area contributed by atoms with Crippen LogP contribution in [0, 0.1) is 0 Å². The summed E-state index contributed by atoms with van der Waals surface area (Å²) in [6, 6.07) is 8.81. The molecule has 0 aromatic heterocycles. The second kappa shape index (κ2) is 7.44. The van der Waals surface area contributed by atoms with Crippen LogP contribution in [0.1, 0.15) is 18.4 Å². The molecule has 2 N–H and O–H groups in total. The van der Waals surface area contributed by atoms with Gasteiger partial charge in [-0.2, -0.15) is 0 Å². The van der Waals surface area contributed by atoms with Crippen molar-refractivity contribution in [3.63, 3.8) is 0 Å². The van der Waals surface area contributed by atoms with E-state index in [1.54, 1.807) is 0 Å². The van der Waals surface area contributed by atoms with Gasteiger partial charge in [0.15, 0.2) is 5.78 Å². The highest BCUT2D eigenvalue weighted by molar-refractivity contribution is 5.84. The van der Waals surface area contributed by atoms with Crippen LogP contribution in [0.2, 0.25) is 0 Å². The van der Waals surface area contributed by atoms with Crippen molar-refractivity contribution in [3.8, 4) is 0 Å².